The van der Waals surface area contributed by atoms with E-state index in [1.165, 1.54) is 12.1 Å². The Bertz CT molecular complexity index is 686. The first-order valence-electron chi connectivity index (χ1n) is 6.78. The number of urea groups is 1. The first kappa shape index (κ1) is 16.8. The Kier molecular flexibility index (Phi) is 5.59. The first-order valence-corrected chi connectivity index (χ1v) is 7.57. The number of phenols is 1. The van der Waals surface area contributed by atoms with E-state index in [-0.39, 0.29) is 12.2 Å². The van der Waals surface area contributed by atoms with Crippen molar-refractivity contribution in [1.82, 2.24) is 5.32 Å². The molecule has 0 saturated carbocycles. The van der Waals surface area contributed by atoms with Gasteiger partial charge in [0.1, 0.15) is 11.8 Å². The average Bonchev–Trinajstić information content (AvgIpc) is 2.51. The lowest BCUT2D eigenvalue weighted by atomic mass is 10.1. The van der Waals surface area contributed by atoms with Crippen LogP contribution in [0.1, 0.15) is 5.56 Å². The van der Waals surface area contributed by atoms with Crippen molar-refractivity contribution >= 4 is 33.6 Å². The summed E-state index contributed by atoms with van der Waals surface area (Å²) in [6.07, 6.45) is 0.114. The molecular formula is C16H15BrN2O4. The van der Waals surface area contributed by atoms with Crippen molar-refractivity contribution in [3.8, 4) is 5.75 Å². The number of carboxylic acid groups (broad SMARTS) is 1. The Balaban J connectivity index is 1.98. The molecule has 120 valence electrons. The Labute approximate surface area is 141 Å². The van der Waals surface area contributed by atoms with Gasteiger partial charge < -0.3 is 20.8 Å². The maximum atomic E-state index is 11.9. The van der Waals surface area contributed by atoms with Crippen molar-refractivity contribution in [2.24, 2.45) is 0 Å². The maximum absolute atomic E-state index is 11.9. The molecule has 2 aromatic carbocycles. The van der Waals surface area contributed by atoms with Crippen LogP contribution < -0.4 is 10.6 Å². The third-order valence-corrected chi connectivity index (χ3v) is 3.61. The Morgan fingerprint density at radius 1 is 1.04 bits per heavy atom. The number of phenolic OH excluding ortho intramolecular Hbond substituents is 1. The molecule has 23 heavy (non-hydrogen) atoms. The number of benzene rings is 2. The van der Waals surface area contributed by atoms with Crippen LogP contribution in [0.25, 0.3) is 0 Å². The van der Waals surface area contributed by atoms with Crippen molar-refractivity contribution in [1.29, 1.82) is 0 Å². The number of hydrogen-bond acceptors (Lipinski definition) is 3. The van der Waals surface area contributed by atoms with Crippen LogP contribution in [0.3, 0.4) is 0 Å². The molecule has 2 amide bonds. The zero-order valence-electron chi connectivity index (χ0n) is 12.0. The number of hydrogen-bond donors (Lipinski definition) is 4. The molecular weight excluding hydrogens is 364 g/mol. The smallest absolute Gasteiger partial charge is 0.326 e. The summed E-state index contributed by atoms with van der Waals surface area (Å²) < 4.78 is 0.874. The van der Waals surface area contributed by atoms with Crippen LogP contribution in [-0.2, 0) is 11.2 Å². The van der Waals surface area contributed by atoms with Crippen molar-refractivity contribution in [3.63, 3.8) is 0 Å². The highest BCUT2D eigenvalue weighted by Gasteiger charge is 2.20. The molecule has 0 heterocycles. The van der Waals surface area contributed by atoms with Gasteiger partial charge in [0.2, 0.25) is 0 Å². The lowest BCUT2D eigenvalue weighted by Crippen LogP contribution is -2.44. The molecule has 0 bridgehead atoms. The number of amides is 2. The van der Waals surface area contributed by atoms with E-state index < -0.39 is 18.0 Å². The van der Waals surface area contributed by atoms with Gasteiger partial charge in [0.25, 0.3) is 0 Å². The van der Waals surface area contributed by atoms with Crippen LogP contribution in [0.15, 0.2) is 53.0 Å². The minimum absolute atomic E-state index is 0.0987. The van der Waals surface area contributed by atoms with Crippen molar-refractivity contribution in [2.45, 2.75) is 12.5 Å². The van der Waals surface area contributed by atoms with E-state index in [2.05, 4.69) is 26.6 Å². The number of aromatic hydroxyl groups is 1. The van der Waals surface area contributed by atoms with Gasteiger partial charge in [0, 0.05) is 16.6 Å². The lowest BCUT2D eigenvalue weighted by molar-refractivity contribution is -0.139. The van der Waals surface area contributed by atoms with E-state index in [9.17, 15) is 19.8 Å². The number of nitrogens with one attached hydrogen (secondary N) is 2. The Hall–Kier alpha value is -2.54. The second kappa shape index (κ2) is 7.64. The summed E-state index contributed by atoms with van der Waals surface area (Å²) in [5, 5.41) is 23.5. The summed E-state index contributed by atoms with van der Waals surface area (Å²) in [7, 11) is 0. The van der Waals surface area contributed by atoms with Crippen LogP contribution in [0.5, 0.6) is 5.75 Å². The number of aliphatic carboxylic acids is 1. The zero-order chi connectivity index (χ0) is 16.8. The molecule has 0 aliphatic carbocycles. The van der Waals surface area contributed by atoms with Crippen LogP contribution in [0.4, 0.5) is 10.5 Å². The van der Waals surface area contributed by atoms with Gasteiger partial charge in [-0.1, -0.05) is 28.1 Å². The Morgan fingerprint density at radius 2 is 1.65 bits per heavy atom. The van der Waals surface area contributed by atoms with Gasteiger partial charge in [-0.25, -0.2) is 9.59 Å². The van der Waals surface area contributed by atoms with Gasteiger partial charge in [-0.3, -0.25) is 0 Å². The van der Waals surface area contributed by atoms with Gasteiger partial charge >= 0.3 is 12.0 Å². The van der Waals surface area contributed by atoms with Crippen LogP contribution in [0.2, 0.25) is 0 Å². The largest absolute Gasteiger partial charge is 0.508 e. The predicted molar refractivity (Wildman–Crippen MR) is 89.5 cm³/mol. The summed E-state index contributed by atoms with van der Waals surface area (Å²) in [5.74, 6) is -1.04. The van der Waals surface area contributed by atoms with Gasteiger partial charge in [0.15, 0.2) is 0 Å². The SMILES string of the molecule is O=C(Nc1ccc(Br)cc1)NC(Cc1ccc(O)cc1)C(=O)O. The Morgan fingerprint density at radius 3 is 2.22 bits per heavy atom. The summed E-state index contributed by atoms with van der Waals surface area (Å²) in [6, 6.07) is 11.4. The zero-order valence-corrected chi connectivity index (χ0v) is 13.6. The highest BCUT2D eigenvalue weighted by atomic mass is 79.9. The number of halogens is 1. The highest BCUT2D eigenvalue weighted by Crippen LogP contribution is 2.14. The van der Waals surface area contributed by atoms with Crippen LogP contribution in [-0.4, -0.2) is 28.3 Å². The molecule has 4 N–H and O–H groups in total. The van der Waals surface area contributed by atoms with Crippen molar-refractivity contribution < 1.29 is 19.8 Å². The van der Waals surface area contributed by atoms with Gasteiger partial charge in [-0.2, -0.15) is 0 Å². The number of carboxylic acids is 1. The molecule has 0 aromatic heterocycles. The summed E-state index contributed by atoms with van der Waals surface area (Å²) in [4.78, 5) is 23.2. The lowest BCUT2D eigenvalue weighted by Gasteiger charge is -2.15. The monoisotopic (exact) mass is 378 g/mol. The quantitative estimate of drug-likeness (QED) is 0.642. The molecule has 7 heteroatoms. The first-order chi connectivity index (χ1) is 10.9. The number of rotatable bonds is 5. The third kappa shape index (κ3) is 5.30. The number of carbonyl (C=O) groups excluding carboxylic acids is 1. The predicted octanol–water partition coefficient (Wildman–Crippen LogP) is 2.97. The molecule has 1 atom stereocenters. The molecule has 0 fully saturated rings. The summed E-state index contributed by atoms with van der Waals surface area (Å²) in [5.41, 5.74) is 1.25. The third-order valence-electron chi connectivity index (χ3n) is 3.08. The van der Waals surface area contributed by atoms with Gasteiger partial charge in [-0.15, -0.1) is 0 Å². The van der Waals surface area contributed by atoms with E-state index in [0.717, 1.165) is 4.47 Å². The minimum Gasteiger partial charge on any atom is -0.508 e. The van der Waals surface area contributed by atoms with Gasteiger partial charge in [-0.05, 0) is 42.0 Å². The van der Waals surface area contributed by atoms with E-state index in [0.29, 0.717) is 11.3 Å². The molecule has 2 rings (SSSR count). The molecule has 0 aliphatic heterocycles. The fraction of sp³-hybridized carbons (Fsp3) is 0.125. The van der Waals surface area contributed by atoms with Crippen molar-refractivity contribution in [2.75, 3.05) is 5.32 Å². The van der Waals surface area contributed by atoms with E-state index in [1.54, 1.807) is 36.4 Å². The van der Waals surface area contributed by atoms with Crippen LogP contribution in [0, 0.1) is 0 Å². The van der Waals surface area contributed by atoms with Crippen molar-refractivity contribution in [3.05, 3.63) is 58.6 Å². The number of carbonyl (C=O) groups is 2. The fourth-order valence-electron chi connectivity index (χ4n) is 1.93. The normalized spacial score (nSPS) is 11.5. The second-order valence-electron chi connectivity index (χ2n) is 4.87. The minimum atomic E-state index is -1.14. The highest BCUT2D eigenvalue weighted by molar-refractivity contribution is 9.10. The second-order valence-corrected chi connectivity index (χ2v) is 5.78. The molecule has 0 radical (unpaired) electrons. The summed E-state index contributed by atoms with van der Waals surface area (Å²) in [6.45, 7) is 0. The molecule has 0 aliphatic rings. The van der Waals surface area contributed by atoms with E-state index in [4.69, 9.17) is 0 Å². The van der Waals surface area contributed by atoms with Gasteiger partial charge in [0.05, 0.1) is 0 Å². The molecule has 2 aromatic rings. The standard InChI is InChI=1S/C16H15BrN2O4/c17-11-3-5-12(6-4-11)18-16(23)19-14(15(21)22)9-10-1-7-13(20)8-2-10/h1-8,14,20H,9H2,(H,21,22)(H2,18,19,23). The molecule has 6 nitrogen and oxygen atoms in total. The topological polar surface area (TPSA) is 98.7 Å². The molecule has 0 spiro atoms. The maximum Gasteiger partial charge on any atom is 0.326 e. The van der Waals surface area contributed by atoms with Crippen LogP contribution >= 0.6 is 15.9 Å². The molecule has 0 saturated heterocycles. The van der Waals surface area contributed by atoms with E-state index in [1.807, 2.05) is 0 Å². The average molecular weight is 379 g/mol. The summed E-state index contributed by atoms with van der Waals surface area (Å²) >= 11 is 3.29. The van der Waals surface area contributed by atoms with E-state index >= 15 is 0 Å². The fourth-order valence-corrected chi connectivity index (χ4v) is 2.19. The number of anilines is 1. The molecule has 1 unspecified atom stereocenters.